The van der Waals surface area contributed by atoms with Crippen molar-refractivity contribution in [1.29, 1.82) is 0 Å². The predicted molar refractivity (Wildman–Crippen MR) is 102 cm³/mol. The first kappa shape index (κ1) is 19.0. The monoisotopic (exact) mass is 433 g/mol. The first-order chi connectivity index (χ1) is 12.8. The maximum absolute atomic E-state index is 13.8. The predicted octanol–water partition coefficient (Wildman–Crippen LogP) is 3.51. The Kier molecular flexibility index (Phi) is 5.50. The van der Waals surface area contributed by atoms with E-state index < -0.39 is 11.7 Å². The zero-order valence-corrected chi connectivity index (χ0v) is 16.5. The molecule has 1 aromatic carbocycles. The number of halogens is 2. The van der Waals surface area contributed by atoms with Crippen LogP contribution in [0.25, 0.3) is 5.95 Å². The Balaban J connectivity index is 1.74. The summed E-state index contributed by atoms with van der Waals surface area (Å²) in [7, 11) is 0. The van der Waals surface area contributed by atoms with Crippen molar-refractivity contribution in [2.24, 2.45) is 0 Å². The molecule has 0 aliphatic rings. The molecule has 1 N–H and O–H groups in total. The summed E-state index contributed by atoms with van der Waals surface area (Å²) in [4.78, 5) is 20.9. The minimum Gasteiger partial charge on any atom is -0.481 e. The van der Waals surface area contributed by atoms with Crippen molar-refractivity contribution < 1.29 is 13.9 Å². The molecule has 0 bridgehead atoms. The molecule has 0 radical (unpaired) electrons. The lowest BCUT2D eigenvalue weighted by molar-refractivity contribution is -0.118. The SMILES string of the molecule is Cc1cc(C)nc(-n2nc(C)cc2NC(=O)COc2ccc(Br)cc2F)n1. The van der Waals surface area contributed by atoms with Gasteiger partial charge < -0.3 is 10.1 Å². The van der Waals surface area contributed by atoms with Gasteiger partial charge in [0.2, 0.25) is 0 Å². The molecular weight excluding hydrogens is 417 g/mol. The maximum atomic E-state index is 13.8. The fraction of sp³-hybridized carbons (Fsp3) is 0.222. The van der Waals surface area contributed by atoms with Crippen molar-refractivity contribution >= 4 is 27.7 Å². The molecule has 0 saturated heterocycles. The van der Waals surface area contributed by atoms with Gasteiger partial charge in [0.25, 0.3) is 11.9 Å². The third-order valence-corrected chi connectivity index (χ3v) is 4.00. The number of hydrogen-bond acceptors (Lipinski definition) is 5. The lowest BCUT2D eigenvalue weighted by Gasteiger charge is -2.10. The number of carbonyl (C=O) groups excluding carboxylic acids is 1. The Hall–Kier alpha value is -2.81. The number of rotatable bonds is 5. The number of hydrogen-bond donors (Lipinski definition) is 1. The molecule has 3 aromatic rings. The quantitative estimate of drug-likeness (QED) is 0.665. The molecule has 9 heteroatoms. The van der Waals surface area contributed by atoms with E-state index in [4.69, 9.17) is 4.74 Å². The van der Waals surface area contributed by atoms with Gasteiger partial charge in [-0.1, -0.05) is 15.9 Å². The van der Waals surface area contributed by atoms with E-state index in [9.17, 15) is 9.18 Å². The van der Waals surface area contributed by atoms with Crippen LogP contribution in [0.15, 0.2) is 34.8 Å². The highest BCUT2D eigenvalue weighted by Gasteiger charge is 2.14. The highest BCUT2D eigenvalue weighted by molar-refractivity contribution is 9.10. The van der Waals surface area contributed by atoms with Gasteiger partial charge in [0.15, 0.2) is 18.2 Å². The minimum absolute atomic E-state index is 0.00400. The van der Waals surface area contributed by atoms with E-state index >= 15 is 0 Å². The lowest BCUT2D eigenvalue weighted by atomic mass is 10.3. The van der Waals surface area contributed by atoms with Crippen molar-refractivity contribution in [2.75, 3.05) is 11.9 Å². The van der Waals surface area contributed by atoms with Crippen LogP contribution < -0.4 is 10.1 Å². The number of nitrogens with one attached hydrogen (secondary N) is 1. The van der Waals surface area contributed by atoms with Crippen LogP contribution in [0.3, 0.4) is 0 Å². The fourth-order valence-electron chi connectivity index (χ4n) is 2.46. The number of anilines is 1. The number of ether oxygens (including phenoxy) is 1. The summed E-state index contributed by atoms with van der Waals surface area (Å²) in [5, 5.41) is 7.02. The Bertz CT molecular complexity index is 985. The van der Waals surface area contributed by atoms with Crippen molar-refractivity contribution in [1.82, 2.24) is 19.7 Å². The zero-order valence-electron chi connectivity index (χ0n) is 15.0. The molecule has 0 fully saturated rings. The smallest absolute Gasteiger partial charge is 0.263 e. The summed E-state index contributed by atoms with van der Waals surface area (Å²) >= 11 is 3.17. The number of aryl methyl sites for hydroxylation is 3. The Morgan fingerprint density at radius 1 is 1.15 bits per heavy atom. The molecule has 27 heavy (non-hydrogen) atoms. The maximum Gasteiger partial charge on any atom is 0.263 e. The summed E-state index contributed by atoms with van der Waals surface area (Å²) in [6.07, 6.45) is 0. The molecule has 0 unspecified atom stereocenters. The molecule has 140 valence electrons. The van der Waals surface area contributed by atoms with Gasteiger partial charge in [-0.3, -0.25) is 4.79 Å². The molecule has 0 atom stereocenters. The molecule has 0 aliphatic heterocycles. The molecule has 0 saturated carbocycles. The van der Waals surface area contributed by atoms with E-state index in [1.165, 1.54) is 16.8 Å². The van der Waals surface area contributed by atoms with Crippen molar-refractivity contribution in [3.05, 3.63) is 57.7 Å². The second-order valence-electron chi connectivity index (χ2n) is 5.95. The first-order valence-electron chi connectivity index (χ1n) is 8.09. The number of carbonyl (C=O) groups is 1. The van der Waals surface area contributed by atoms with Crippen LogP contribution in [0.2, 0.25) is 0 Å². The minimum atomic E-state index is -0.554. The third kappa shape index (κ3) is 4.68. The second kappa shape index (κ2) is 7.83. The zero-order chi connectivity index (χ0) is 19.6. The fourth-order valence-corrected chi connectivity index (χ4v) is 2.79. The van der Waals surface area contributed by atoms with Crippen LogP contribution in [0.4, 0.5) is 10.2 Å². The Morgan fingerprint density at radius 3 is 2.52 bits per heavy atom. The van der Waals surface area contributed by atoms with Gasteiger partial charge in [-0.2, -0.15) is 9.78 Å². The Labute approximate surface area is 163 Å². The van der Waals surface area contributed by atoms with Crippen LogP contribution >= 0.6 is 15.9 Å². The molecule has 0 spiro atoms. The summed E-state index contributed by atoms with van der Waals surface area (Å²) < 4.78 is 21.1. The van der Waals surface area contributed by atoms with Gasteiger partial charge in [-0.15, -0.1) is 0 Å². The van der Waals surface area contributed by atoms with E-state index in [-0.39, 0.29) is 12.4 Å². The normalized spacial score (nSPS) is 10.7. The Morgan fingerprint density at radius 2 is 1.85 bits per heavy atom. The average Bonchev–Trinajstić information content (AvgIpc) is 2.93. The van der Waals surface area contributed by atoms with Gasteiger partial charge in [-0.05, 0) is 45.0 Å². The molecular formula is C18H17BrFN5O2. The van der Waals surface area contributed by atoms with E-state index in [2.05, 4.69) is 36.3 Å². The van der Waals surface area contributed by atoms with Gasteiger partial charge >= 0.3 is 0 Å². The molecule has 0 aliphatic carbocycles. The van der Waals surface area contributed by atoms with Crippen molar-refractivity contribution in [3.8, 4) is 11.7 Å². The van der Waals surface area contributed by atoms with E-state index in [1.807, 2.05) is 19.9 Å². The lowest BCUT2D eigenvalue weighted by Crippen LogP contribution is -2.22. The molecule has 2 aromatic heterocycles. The second-order valence-corrected chi connectivity index (χ2v) is 6.86. The van der Waals surface area contributed by atoms with Crippen LogP contribution in [0, 0.1) is 26.6 Å². The summed E-state index contributed by atoms with van der Waals surface area (Å²) in [5.74, 6) is -0.252. The van der Waals surface area contributed by atoms with Gasteiger partial charge in [0.1, 0.15) is 5.82 Å². The largest absolute Gasteiger partial charge is 0.481 e. The van der Waals surface area contributed by atoms with E-state index in [0.717, 1.165) is 11.4 Å². The van der Waals surface area contributed by atoms with Gasteiger partial charge in [0.05, 0.1) is 5.69 Å². The molecule has 2 heterocycles. The first-order valence-corrected chi connectivity index (χ1v) is 8.88. The van der Waals surface area contributed by atoms with Crippen LogP contribution in [-0.4, -0.2) is 32.3 Å². The topological polar surface area (TPSA) is 81.9 Å². The standard InChI is InChI=1S/C18H17BrFN5O2/c1-10-6-11(2)22-18(21-10)25-16(7-12(3)24-25)23-17(26)9-27-15-5-4-13(19)8-14(15)20/h4-8H,9H2,1-3H3,(H,23,26). The van der Waals surface area contributed by atoms with Gasteiger partial charge in [-0.25, -0.2) is 14.4 Å². The number of amides is 1. The van der Waals surface area contributed by atoms with E-state index in [0.29, 0.717) is 21.9 Å². The van der Waals surface area contributed by atoms with E-state index in [1.54, 1.807) is 19.1 Å². The highest BCUT2D eigenvalue weighted by Crippen LogP contribution is 2.21. The molecule has 1 amide bonds. The number of benzene rings is 1. The average molecular weight is 434 g/mol. The molecule has 3 rings (SSSR count). The summed E-state index contributed by atoms with van der Waals surface area (Å²) in [6, 6.07) is 7.89. The van der Waals surface area contributed by atoms with Crippen LogP contribution in [-0.2, 0) is 4.79 Å². The third-order valence-electron chi connectivity index (χ3n) is 3.51. The number of nitrogens with zero attached hydrogens (tertiary/aromatic N) is 4. The van der Waals surface area contributed by atoms with Crippen molar-refractivity contribution in [2.45, 2.75) is 20.8 Å². The highest BCUT2D eigenvalue weighted by atomic mass is 79.9. The number of aromatic nitrogens is 4. The van der Waals surface area contributed by atoms with Crippen LogP contribution in [0.5, 0.6) is 5.75 Å². The summed E-state index contributed by atoms with van der Waals surface area (Å²) in [6.45, 7) is 5.15. The van der Waals surface area contributed by atoms with Gasteiger partial charge in [0, 0.05) is 21.9 Å². The van der Waals surface area contributed by atoms with Crippen molar-refractivity contribution in [3.63, 3.8) is 0 Å². The summed E-state index contributed by atoms with van der Waals surface area (Å²) in [5.41, 5.74) is 2.27. The molecule has 7 nitrogen and oxygen atoms in total. The van der Waals surface area contributed by atoms with Crippen LogP contribution in [0.1, 0.15) is 17.1 Å².